The number of carbonyl (C=O) groups is 3. The van der Waals surface area contributed by atoms with Crippen molar-refractivity contribution in [1.82, 2.24) is 15.5 Å². The largest absolute Gasteiger partial charge is 0.484 e. The van der Waals surface area contributed by atoms with E-state index in [0.29, 0.717) is 6.42 Å². The molecule has 1 saturated heterocycles. The van der Waals surface area contributed by atoms with Crippen LogP contribution >= 0.6 is 11.8 Å². The molecule has 5 atom stereocenters. The van der Waals surface area contributed by atoms with E-state index < -0.39 is 64.3 Å². The number of hydrogen-bond acceptors (Lipinski definition) is 9. The number of nitrogens with zero attached hydrogens (tertiary/aromatic N) is 2. The first kappa shape index (κ1) is 32.9. The minimum atomic E-state index is -1.72. The fraction of sp³-hybridized carbons (Fsp3) is 0.364. The normalized spacial score (nSPS) is 21.1. The fourth-order valence-corrected chi connectivity index (χ4v) is 7.07. The van der Waals surface area contributed by atoms with Crippen molar-refractivity contribution in [3.05, 3.63) is 106 Å². The van der Waals surface area contributed by atoms with Gasteiger partial charge in [-0.1, -0.05) is 60.7 Å². The SMILES string of the molecule is CC1(C)SCN(C(=O)[C@@H](O)[C@H](Cc2ccccc2)NC(=O)COc2cccc([N+](=O)[O-])c2)[C@@H]1C(=O)N[C@H]1c2ccccc2C[C@H]1O. The highest BCUT2D eigenvalue weighted by molar-refractivity contribution is 8.00. The maximum Gasteiger partial charge on any atom is 0.273 e. The number of non-ortho nitro benzene ring substituents is 1. The smallest absolute Gasteiger partial charge is 0.273 e. The first-order valence-corrected chi connectivity index (χ1v) is 15.8. The molecular weight excluding hydrogens is 612 g/mol. The highest BCUT2D eigenvalue weighted by Gasteiger charge is 2.50. The Balaban J connectivity index is 1.31. The van der Waals surface area contributed by atoms with Gasteiger partial charge in [-0.2, -0.15) is 0 Å². The molecular formula is C33H36N4O8S. The van der Waals surface area contributed by atoms with Crippen molar-refractivity contribution in [2.24, 2.45) is 0 Å². The highest BCUT2D eigenvalue weighted by Crippen LogP contribution is 2.41. The van der Waals surface area contributed by atoms with Crippen LogP contribution in [0.1, 0.15) is 36.6 Å². The Hall–Kier alpha value is -4.46. The molecule has 0 unspecified atom stereocenters. The lowest BCUT2D eigenvalue weighted by Gasteiger charge is -2.34. The number of fused-ring (bicyclic) bond motifs is 1. The number of benzene rings is 3. The lowest BCUT2D eigenvalue weighted by Crippen LogP contribution is -2.59. The Morgan fingerprint density at radius 2 is 1.80 bits per heavy atom. The van der Waals surface area contributed by atoms with Crippen LogP contribution in [0.15, 0.2) is 78.9 Å². The maximum absolute atomic E-state index is 13.9. The average Bonchev–Trinajstić information content (AvgIpc) is 3.53. The van der Waals surface area contributed by atoms with Gasteiger partial charge in [0.1, 0.15) is 11.8 Å². The van der Waals surface area contributed by atoms with Crippen molar-refractivity contribution < 1.29 is 34.3 Å². The zero-order valence-electron chi connectivity index (χ0n) is 25.4. The lowest BCUT2D eigenvalue weighted by atomic mass is 9.96. The molecule has 3 amide bonds. The number of aliphatic hydroxyl groups is 2. The molecule has 0 bridgehead atoms. The van der Waals surface area contributed by atoms with Crippen LogP contribution in [0, 0.1) is 10.1 Å². The minimum Gasteiger partial charge on any atom is -0.484 e. The summed E-state index contributed by atoms with van der Waals surface area (Å²) in [5.74, 6) is -1.59. The topological polar surface area (TPSA) is 171 Å². The Morgan fingerprint density at radius 3 is 2.54 bits per heavy atom. The van der Waals surface area contributed by atoms with Crippen molar-refractivity contribution in [2.75, 3.05) is 12.5 Å². The molecule has 0 radical (unpaired) electrons. The summed E-state index contributed by atoms with van der Waals surface area (Å²) in [4.78, 5) is 52.5. The minimum absolute atomic E-state index is 0.0998. The molecule has 1 aliphatic carbocycles. The summed E-state index contributed by atoms with van der Waals surface area (Å²) in [6, 6.07) is 19.2. The average molecular weight is 649 g/mol. The third kappa shape index (κ3) is 7.33. The van der Waals surface area contributed by atoms with E-state index in [1.165, 1.54) is 40.9 Å². The Labute approximate surface area is 270 Å². The summed E-state index contributed by atoms with van der Waals surface area (Å²) >= 11 is 1.39. The number of hydrogen-bond donors (Lipinski definition) is 4. The number of rotatable bonds is 11. The highest BCUT2D eigenvalue weighted by atomic mass is 32.2. The molecule has 0 saturated carbocycles. The van der Waals surface area contributed by atoms with E-state index in [1.54, 1.807) is 24.3 Å². The predicted molar refractivity (Wildman–Crippen MR) is 171 cm³/mol. The van der Waals surface area contributed by atoms with E-state index in [4.69, 9.17) is 4.74 Å². The molecule has 13 heteroatoms. The second-order valence-electron chi connectivity index (χ2n) is 11.9. The third-order valence-corrected chi connectivity index (χ3v) is 9.63. The van der Waals surface area contributed by atoms with Gasteiger partial charge in [-0.3, -0.25) is 24.5 Å². The molecule has 1 heterocycles. The van der Waals surface area contributed by atoms with Gasteiger partial charge in [0.25, 0.3) is 17.5 Å². The maximum atomic E-state index is 13.9. The van der Waals surface area contributed by atoms with Gasteiger partial charge < -0.3 is 30.5 Å². The standard InChI is InChI=1S/C33H36N4O8S/c1-33(2)30(31(41)35-28-24-14-7-6-11-21(24)16-26(28)38)36(19-46-33)32(42)29(40)25(15-20-9-4-3-5-10-20)34-27(39)18-45-23-13-8-12-22(17-23)37(43)44/h3-14,17,25-26,28-30,38,40H,15-16,18-19H2,1-2H3,(H,34,39)(H,35,41)/t25-,26+,28-,29-,30+/m0/s1. The van der Waals surface area contributed by atoms with Crippen molar-refractivity contribution >= 4 is 35.2 Å². The number of aliphatic hydroxyl groups excluding tert-OH is 2. The van der Waals surface area contributed by atoms with Gasteiger partial charge in [-0.15, -0.1) is 11.8 Å². The molecule has 0 spiro atoms. The van der Waals surface area contributed by atoms with Crippen LogP contribution in [0.3, 0.4) is 0 Å². The number of nitro benzene ring substituents is 1. The van der Waals surface area contributed by atoms with E-state index in [-0.39, 0.29) is 23.7 Å². The molecule has 5 rings (SSSR count). The van der Waals surface area contributed by atoms with Crippen LogP contribution in [-0.2, 0) is 27.2 Å². The summed E-state index contributed by atoms with van der Waals surface area (Å²) in [6.45, 7) is 3.17. The van der Waals surface area contributed by atoms with Gasteiger partial charge in [-0.05, 0) is 43.0 Å². The second-order valence-corrected chi connectivity index (χ2v) is 13.5. The molecule has 4 N–H and O–H groups in total. The Morgan fingerprint density at radius 1 is 1.09 bits per heavy atom. The van der Waals surface area contributed by atoms with E-state index >= 15 is 0 Å². The first-order chi connectivity index (χ1) is 21.9. The van der Waals surface area contributed by atoms with Gasteiger partial charge in [0, 0.05) is 17.2 Å². The molecule has 1 fully saturated rings. The van der Waals surface area contributed by atoms with E-state index in [0.717, 1.165) is 16.7 Å². The van der Waals surface area contributed by atoms with E-state index in [1.807, 2.05) is 44.2 Å². The molecule has 2 aliphatic rings. The summed E-state index contributed by atoms with van der Waals surface area (Å²) in [6.07, 6.45) is -2.04. The second kappa shape index (κ2) is 13.9. The number of thioether (sulfide) groups is 1. The van der Waals surface area contributed by atoms with Gasteiger partial charge in [0.2, 0.25) is 5.91 Å². The number of nitrogens with one attached hydrogen (secondary N) is 2. The van der Waals surface area contributed by atoms with Gasteiger partial charge in [0.15, 0.2) is 12.7 Å². The van der Waals surface area contributed by atoms with Crippen LogP contribution < -0.4 is 15.4 Å². The molecule has 242 valence electrons. The summed E-state index contributed by atoms with van der Waals surface area (Å²) < 4.78 is 4.74. The summed E-state index contributed by atoms with van der Waals surface area (Å²) in [5, 5.41) is 38.9. The number of amides is 3. The molecule has 12 nitrogen and oxygen atoms in total. The fourth-order valence-electron chi connectivity index (χ4n) is 5.93. The van der Waals surface area contributed by atoms with Gasteiger partial charge in [0.05, 0.1) is 35.1 Å². The molecule has 1 aliphatic heterocycles. The van der Waals surface area contributed by atoms with Crippen LogP contribution in [0.2, 0.25) is 0 Å². The molecule has 0 aromatic heterocycles. The van der Waals surface area contributed by atoms with Crippen molar-refractivity contribution in [1.29, 1.82) is 0 Å². The molecule has 46 heavy (non-hydrogen) atoms. The number of ether oxygens (including phenoxy) is 1. The Kier molecular flexibility index (Phi) is 9.94. The zero-order chi connectivity index (χ0) is 33.0. The summed E-state index contributed by atoms with van der Waals surface area (Å²) in [5.41, 5.74) is 2.32. The van der Waals surface area contributed by atoms with Gasteiger partial charge >= 0.3 is 0 Å². The predicted octanol–water partition coefficient (Wildman–Crippen LogP) is 2.52. The molecule has 3 aromatic rings. The third-order valence-electron chi connectivity index (χ3n) is 8.26. The first-order valence-electron chi connectivity index (χ1n) is 14.8. The van der Waals surface area contributed by atoms with Crippen LogP contribution in [-0.4, -0.2) is 79.3 Å². The van der Waals surface area contributed by atoms with Crippen LogP contribution in [0.4, 0.5) is 5.69 Å². The number of nitro groups is 1. The monoisotopic (exact) mass is 648 g/mol. The van der Waals surface area contributed by atoms with Crippen LogP contribution in [0.5, 0.6) is 5.75 Å². The molecule has 3 aromatic carbocycles. The van der Waals surface area contributed by atoms with Gasteiger partial charge in [-0.25, -0.2) is 0 Å². The quantitative estimate of drug-likeness (QED) is 0.180. The number of carbonyl (C=O) groups excluding carboxylic acids is 3. The van der Waals surface area contributed by atoms with Crippen LogP contribution in [0.25, 0.3) is 0 Å². The van der Waals surface area contributed by atoms with Crippen molar-refractivity contribution in [3.63, 3.8) is 0 Å². The van der Waals surface area contributed by atoms with E-state index in [2.05, 4.69) is 10.6 Å². The Bertz CT molecular complexity index is 1600. The zero-order valence-corrected chi connectivity index (χ0v) is 26.2. The lowest BCUT2D eigenvalue weighted by molar-refractivity contribution is -0.384. The van der Waals surface area contributed by atoms with E-state index in [9.17, 15) is 34.7 Å². The van der Waals surface area contributed by atoms with Crippen molar-refractivity contribution in [3.8, 4) is 5.75 Å². The van der Waals surface area contributed by atoms with Crippen molar-refractivity contribution in [2.45, 2.75) is 61.8 Å². The summed E-state index contributed by atoms with van der Waals surface area (Å²) in [7, 11) is 0.